The SMILES string of the molecule is CCOC(=O)C1=C(C)N=c2s/c(=C\c3ccc(Cl)c(Cl)c3)c(=O)n2[C@H]1c1ccccc1. The third-order valence-electron chi connectivity index (χ3n) is 4.87. The number of benzene rings is 2. The van der Waals surface area contributed by atoms with E-state index in [4.69, 9.17) is 27.9 Å². The molecule has 3 aromatic rings. The van der Waals surface area contributed by atoms with Gasteiger partial charge in [-0.2, -0.15) is 0 Å². The molecule has 0 unspecified atom stereocenters. The largest absolute Gasteiger partial charge is 0.463 e. The van der Waals surface area contributed by atoms with Crippen LogP contribution in [0, 0.1) is 0 Å². The zero-order chi connectivity index (χ0) is 22.1. The minimum absolute atomic E-state index is 0.235. The summed E-state index contributed by atoms with van der Waals surface area (Å²) in [6.45, 7) is 3.74. The number of ether oxygens (including phenoxy) is 1. The van der Waals surface area contributed by atoms with Gasteiger partial charge in [-0.3, -0.25) is 9.36 Å². The molecule has 158 valence electrons. The number of thiazole rings is 1. The molecular formula is C23H18Cl2N2O3S. The maximum atomic E-state index is 13.4. The summed E-state index contributed by atoms with van der Waals surface area (Å²) in [7, 11) is 0. The Hall–Kier alpha value is -2.67. The molecule has 1 aliphatic rings. The number of rotatable bonds is 4. The van der Waals surface area contributed by atoms with Gasteiger partial charge in [0.05, 0.1) is 38.5 Å². The number of halogens is 2. The van der Waals surface area contributed by atoms with Gasteiger partial charge in [0, 0.05) is 0 Å². The van der Waals surface area contributed by atoms with Gasteiger partial charge in [0.25, 0.3) is 5.56 Å². The lowest BCUT2D eigenvalue weighted by molar-refractivity contribution is -0.139. The number of hydrogen-bond donors (Lipinski definition) is 0. The van der Waals surface area contributed by atoms with Crippen LogP contribution in [0.25, 0.3) is 6.08 Å². The van der Waals surface area contributed by atoms with E-state index in [0.29, 0.717) is 30.6 Å². The summed E-state index contributed by atoms with van der Waals surface area (Å²) in [5, 5.41) is 0.852. The fourth-order valence-electron chi connectivity index (χ4n) is 3.50. The Balaban J connectivity index is 1.95. The predicted octanol–water partition coefficient (Wildman–Crippen LogP) is 4.11. The van der Waals surface area contributed by atoms with Crippen molar-refractivity contribution in [3.05, 3.63) is 101 Å². The van der Waals surface area contributed by atoms with E-state index in [1.165, 1.54) is 11.3 Å². The van der Waals surface area contributed by atoms with Gasteiger partial charge >= 0.3 is 5.97 Å². The quantitative estimate of drug-likeness (QED) is 0.536. The van der Waals surface area contributed by atoms with Crippen molar-refractivity contribution in [3.8, 4) is 0 Å². The number of allylic oxidation sites excluding steroid dienone is 1. The number of hydrogen-bond acceptors (Lipinski definition) is 5. The zero-order valence-electron chi connectivity index (χ0n) is 16.8. The van der Waals surface area contributed by atoms with Crippen molar-refractivity contribution in [2.24, 2.45) is 4.99 Å². The molecule has 0 radical (unpaired) electrons. The molecule has 1 aliphatic heterocycles. The minimum Gasteiger partial charge on any atom is -0.463 e. The van der Waals surface area contributed by atoms with E-state index in [-0.39, 0.29) is 12.2 Å². The lowest BCUT2D eigenvalue weighted by Crippen LogP contribution is -2.39. The van der Waals surface area contributed by atoms with Gasteiger partial charge in [-0.05, 0) is 43.2 Å². The Morgan fingerprint density at radius 2 is 1.94 bits per heavy atom. The van der Waals surface area contributed by atoms with Crippen LogP contribution in [0.5, 0.6) is 0 Å². The first kappa shape index (κ1) is 21.6. The van der Waals surface area contributed by atoms with Crippen LogP contribution in [-0.2, 0) is 9.53 Å². The van der Waals surface area contributed by atoms with Crippen LogP contribution in [0.3, 0.4) is 0 Å². The summed E-state index contributed by atoms with van der Waals surface area (Å²) < 4.78 is 7.32. The number of nitrogens with zero attached hydrogens (tertiary/aromatic N) is 2. The number of aromatic nitrogens is 1. The third kappa shape index (κ3) is 4.11. The van der Waals surface area contributed by atoms with Crippen LogP contribution in [0.1, 0.15) is 31.0 Å². The normalized spacial score (nSPS) is 16.1. The first-order chi connectivity index (χ1) is 14.9. The van der Waals surface area contributed by atoms with Crippen molar-refractivity contribution < 1.29 is 9.53 Å². The molecule has 0 spiro atoms. The van der Waals surface area contributed by atoms with Crippen LogP contribution in [0.4, 0.5) is 0 Å². The molecule has 1 aromatic heterocycles. The second-order valence-electron chi connectivity index (χ2n) is 6.89. The maximum absolute atomic E-state index is 13.4. The van der Waals surface area contributed by atoms with Crippen LogP contribution < -0.4 is 14.9 Å². The van der Waals surface area contributed by atoms with Gasteiger partial charge in [0.2, 0.25) is 0 Å². The smallest absolute Gasteiger partial charge is 0.338 e. The average molecular weight is 473 g/mol. The van der Waals surface area contributed by atoms with Crippen molar-refractivity contribution in [1.29, 1.82) is 0 Å². The summed E-state index contributed by atoms with van der Waals surface area (Å²) in [5.74, 6) is -0.476. The highest BCUT2D eigenvalue weighted by atomic mass is 35.5. The Morgan fingerprint density at radius 1 is 1.19 bits per heavy atom. The Morgan fingerprint density at radius 3 is 2.61 bits per heavy atom. The molecule has 0 bridgehead atoms. The van der Waals surface area contributed by atoms with Crippen molar-refractivity contribution in [1.82, 2.24) is 4.57 Å². The Labute approximate surface area is 192 Å². The molecule has 2 heterocycles. The van der Waals surface area contributed by atoms with E-state index in [2.05, 4.69) is 4.99 Å². The zero-order valence-corrected chi connectivity index (χ0v) is 19.1. The van der Waals surface area contributed by atoms with Crippen molar-refractivity contribution >= 4 is 46.6 Å². The molecule has 5 nitrogen and oxygen atoms in total. The molecule has 0 amide bonds. The van der Waals surface area contributed by atoms with Gasteiger partial charge < -0.3 is 4.74 Å². The van der Waals surface area contributed by atoms with Gasteiger partial charge in [0.15, 0.2) is 4.80 Å². The molecule has 0 N–H and O–H groups in total. The summed E-state index contributed by atoms with van der Waals surface area (Å²) in [5.41, 5.74) is 2.22. The molecule has 0 aliphatic carbocycles. The summed E-state index contributed by atoms with van der Waals surface area (Å²) in [6.07, 6.45) is 1.75. The van der Waals surface area contributed by atoms with Crippen molar-refractivity contribution in [2.45, 2.75) is 19.9 Å². The van der Waals surface area contributed by atoms with Gasteiger partial charge in [0.1, 0.15) is 0 Å². The van der Waals surface area contributed by atoms with E-state index in [1.807, 2.05) is 30.3 Å². The fraction of sp³-hybridized carbons (Fsp3) is 0.174. The molecule has 0 saturated heterocycles. The molecule has 31 heavy (non-hydrogen) atoms. The summed E-state index contributed by atoms with van der Waals surface area (Å²) in [6, 6.07) is 14.0. The van der Waals surface area contributed by atoms with Crippen LogP contribution in [0.2, 0.25) is 10.0 Å². The first-order valence-corrected chi connectivity index (χ1v) is 11.2. The summed E-state index contributed by atoms with van der Waals surface area (Å²) in [4.78, 5) is 31.3. The average Bonchev–Trinajstić information content (AvgIpc) is 3.05. The van der Waals surface area contributed by atoms with Crippen LogP contribution >= 0.6 is 34.5 Å². The maximum Gasteiger partial charge on any atom is 0.338 e. The first-order valence-electron chi connectivity index (χ1n) is 9.60. The van der Waals surface area contributed by atoms with E-state index in [9.17, 15) is 9.59 Å². The van der Waals surface area contributed by atoms with E-state index >= 15 is 0 Å². The molecule has 1 atom stereocenters. The van der Waals surface area contributed by atoms with Gasteiger partial charge in [-0.1, -0.05) is 70.9 Å². The van der Waals surface area contributed by atoms with Crippen LogP contribution in [-0.4, -0.2) is 17.1 Å². The van der Waals surface area contributed by atoms with Crippen molar-refractivity contribution in [2.75, 3.05) is 6.61 Å². The summed E-state index contributed by atoms with van der Waals surface area (Å²) >= 11 is 13.4. The molecular weight excluding hydrogens is 455 g/mol. The fourth-order valence-corrected chi connectivity index (χ4v) is 4.85. The predicted molar refractivity (Wildman–Crippen MR) is 123 cm³/mol. The Kier molecular flexibility index (Phi) is 6.14. The number of carbonyl (C=O) groups is 1. The molecule has 0 saturated carbocycles. The number of fused-ring (bicyclic) bond motifs is 1. The van der Waals surface area contributed by atoms with E-state index in [0.717, 1.165) is 11.1 Å². The highest BCUT2D eigenvalue weighted by molar-refractivity contribution is 7.07. The lowest BCUT2D eigenvalue weighted by atomic mass is 9.96. The van der Waals surface area contributed by atoms with E-state index < -0.39 is 12.0 Å². The molecule has 0 fully saturated rings. The second kappa shape index (κ2) is 8.83. The number of carbonyl (C=O) groups excluding carboxylic acids is 1. The van der Waals surface area contributed by atoms with Crippen molar-refractivity contribution in [3.63, 3.8) is 0 Å². The van der Waals surface area contributed by atoms with Crippen LogP contribution in [0.15, 0.2) is 69.6 Å². The highest BCUT2D eigenvalue weighted by Crippen LogP contribution is 2.30. The van der Waals surface area contributed by atoms with E-state index in [1.54, 1.807) is 42.7 Å². The molecule has 4 rings (SSSR count). The molecule has 2 aromatic carbocycles. The number of esters is 1. The topological polar surface area (TPSA) is 60.7 Å². The minimum atomic E-state index is -0.618. The highest BCUT2D eigenvalue weighted by Gasteiger charge is 2.33. The second-order valence-corrected chi connectivity index (χ2v) is 8.71. The monoisotopic (exact) mass is 472 g/mol. The standard InChI is InChI=1S/C23H18Cl2N2O3S/c1-3-30-22(29)19-13(2)26-23-27(20(19)15-7-5-4-6-8-15)21(28)18(31-23)12-14-9-10-16(24)17(25)11-14/h4-12,20H,3H2,1-2H3/b18-12-/t20-/m0/s1. The van der Waals surface area contributed by atoms with Gasteiger partial charge in [-0.25, -0.2) is 9.79 Å². The van der Waals surface area contributed by atoms with Gasteiger partial charge in [-0.15, -0.1) is 0 Å². The third-order valence-corrected chi connectivity index (χ3v) is 6.60. The molecule has 8 heteroatoms. The lowest BCUT2D eigenvalue weighted by Gasteiger charge is -2.24. The Bertz CT molecular complexity index is 1370.